The number of thiophene rings is 1. The second kappa shape index (κ2) is 3.27. The number of amides is 1. The number of carbonyl (C=O) groups excluding carboxylic acids is 1. The van der Waals surface area contributed by atoms with Crippen molar-refractivity contribution in [1.29, 1.82) is 0 Å². The average Bonchev–Trinajstić information content (AvgIpc) is 2.28. The van der Waals surface area contributed by atoms with Crippen LogP contribution in [0.5, 0.6) is 0 Å². The van der Waals surface area contributed by atoms with Crippen LogP contribution in [0.2, 0.25) is 19.6 Å². The molecule has 0 aromatic carbocycles. The second-order valence-electron chi connectivity index (χ2n) is 4.24. The fourth-order valence-electron chi connectivity index (χ4n) is 1.56. The lowest BCUT2D eigenvalue weighted by atomic mass is 10.3. The van der Waals surface area contributed by atoms with Gasteiger partial charge in [-0.15, -0.1) is 11.3 Å². The van der Waals surface area contributed by atoms with Crippen LogP contribution >= 0.6 is 11.3 Å². The van der Waals surface area contributed by atoms with E-state index in [0.717, 1.165) is 4.88 Å². The van der Waals surface area contributed by atoms with Crippen LogP contribution in [0.1, 0.15) is 15.2 Å². The van der Waals surface area contributed by atoms with Gasteiger partial charge in [0.2, 0.25) is 0 Å². The number of aryl methyl sites for hydroxylation is 1. The lowest BCUT2D eigenvalue weighted by Gasteiger charge is -2.17. The van der Waals surface area contributed by atoms with E-state index in [4.69, 9.17) is 5.73 Å². The molecule has 2 N–H and O–H groups in total. The Hall–Kier alpha value is -0.613. The number of carbonyl (C=O) groups is 1. The topological polar surface area (TPSA) is 43.1 Å². The van der Waals surface area contributed by atoms with E-state index in [9.17, 15) is 4.79 Å². The van der Waals surface area contributed by atoms with Crippen molar-refractivity contribution >= 4 is 30.5 Å². The maximum atomic E-state index is 11.1. The standard InChI is InChI=1S/C9H15NOSSi/c1-6-5-12-7(9(10)11)8(6)13(2,3)4/h5H,1-4H3,(H2,10,11). The number of hydrogen-bond donors (Lipinski definition) is 1. The minimum Gasteiger partial charge on any atom is -0.365 e. The summed E-state index contributed by atoms with van der Waals surface area (Å²) in [5.74, 6) is -0.282. The molecule has 0 saturated heterocycles. The van der Waals surface area contributed by atoms with Crippen LogP contribution in [-0.4, -0.2) is 14.0 Å². The van der Waals surface area contributed by atoms with Crippen molar-refractivity contribution in [2.24, 2.45) is 5.73 Å². The molecule has 0 saturated carbocycles. The predicted molar refractivity (Wildman–Crippen MR) is 60.6 cm³/mol. The lowest BCUT2D eigenvalue weighted by molar-refractivity contribution is 0.100. The highest BCUT2D eigenvalue weighted by atomic mass is 32.1. The van der Waals surface area contributed by atoms with Crippen molar-refractivity contribution in [2.45, 2.75) is 26.6 Å². The number of nitrogens with two attached hydrogens (primary N) is 1. The minimum atomic E-state index is -1.42. The van der Waals surface area contributed by atoms with Crippen LogP contribution in [0.15, 0.2) is 5.38 Å². The molecule has 1 heterocycles. The summed E-state index contributed by atoms with van der Waals surface area (Å²) in [5.41, 5.74) is 6.54. The highest BCUT2D eigenvalue weighted by Crippen LogP contribution is 2.16. The molecule has 0 bridgehead atoms. The molecule has 4 heteroatoms. The summed E-state index contributed by atoms with van der Waals surface area (Å²) < 4.78 is 0. The Morgan fingerprint density at radius 1 is 1.46 bits per heavy atom. The van der Waals surface area contributed by atoms with E-state index in [0.29, 0.717) is 0 Å². The van der Waals surface area contributed by atoms with E-state index in [1.165, 1.54) is 22.1 Å². The maximum Gasteiger partial charge on any atom is 0.258 e. The molecule has 13 heavy (non-hydrogen) atoms. The summed E-state index contributed by atoms with van der Waals surface area (Å²) in [5, 5.41) is 3.25. The molecule has 1 amide bonds. The molecule has 2 nitrogen and oxygen atoms in total. The quantitative estimate of drug-likeness (QED) is 0.747. The van der Waals surface area contributed by atoms with Crippen molar-refractivity contribution in [2.75, 3.05) is 0 Å². The fourth-order valence-corrected chi connectivity index (χ4v) is 5.62. The van der Waals surface area contributed by atoms with E-state index in [1.807, 2.05) is 5.38 Å². The summed E-state index contributed by atoms with van der Waals surface area (Å²) >= 11 is 1.47. The zero-order valence-corrected chi connectivity index (χ0v) is 10.3. The highest BCUT2D eigenvalue weighted by molar-refractivity contribution is 7.15. The maximum absolute atomic E-state index is 11.1. The van der Waals surface area contributed by atoms with Crippen molar-refractivity contribution in [3.8, 4) is 0 Å². The molecule has 1 aromatic rings. The van der Waals surface area contributed by atoms with Gasteiger partial charge in [0.05, 0.1) is 13.0 Å². The van der Waals surface area contributed by atoms with Crippen molar-refractivity contribution in [3.63, 3.8) is 0 Å². The molecular formula is C9H15NOSSi. The van der Waals surface area contributed by atoms with Gasteiger partial charge in [-0.2, -0.15) is 0 Å². The van der Waals surface area contributed by atoms with Gasteiger partial charge < -0.3 is 5.73 Å². The Morgan fingerprint density at radius 2 is 2.00 bits per heavy atom. The summed E-state index contributed by atoms with van der Waals surface area (Å²) in [6, 6.07) is 0. The molecule has 1 rings (SSSR count). The van der Waals surface area contributed by atoms with Crippen molar-refractivity contribution in [1.82, 2.24) is 0 Å². The predicted octanol–water partition coefficient (Wildman–Crippen LogP) is 1.70. The third-order valence-corrected chi connectivity index (χ3v) is 5.39. The van der Waals surface area contributed by atoms with Crippen LogP contribution in [-0.2, 0) is 0 Å². The van der Waals surface area contributed by atoms with E-state index in [1.54, 1.807) is 0 Å². The Morgan fingerprint density at radius 3 is 2.31 bits per heavy atom. The Labute approximate surface area is 83.8 Å². The van der Waals surface area contributed by atoms with Crippen molar-refractivity contribution in [3.05, 3.63) is 15.8 Å². The molecule has 0 atom stereocenters. The summed E-state index contributed by atoms with van der Waals surface area (Å²) in [6.45, 7) is 8.74. The van der Waals surface area contributed by atoms with Gasteiger partial charge in [0.15, 0.2) is 0 Å². The summed E-state index contributed by atoms with van der Waals surface area (Å²) in [4.78, 5) is 11.9. The first-order valence-corrected chi connectivity index (χ1v) is 8.60. The first kappa shape index (κ1) is 10.5. The number of hydrogen-bond acceptors (Lipinski definition) is 2. The van der Waals surface area contributed by atoms with Gasteiger partial charge in [0, 0.05) is 0 Å². The third-order valence-electron chi connectivity index (χ3n) is 1.95. The lowest BCUT2D eigenvalue weighted by Crippen LogP contribution is -2.42. The molecule has 0 aliphatic rings. The van der Waals surface area contributed by atoms with Gasteiger partial charge in [-0.1, -0.05) is 19.6 Å². The van der Waals surface area contributed by atoms with Crippen LogP contribution in [0.4, 0.5) is 0 Å². The normalized spacial score (nSPS) is 11.7. The van der Waals surface area contributed by atoms with Crippen LogP contribution < -0.4 is 10.9 Å². The zero-order chi connectivity index (χ0) is 10.2. The Balaban J connectivity index is 3.33. The largest absolute Gasteiger partial charge is 0.365 e. The first-order chi connectivity index (χ1) is 5.84. The Bertz CT molecular complexity index is 338. The molecule has 1 aromatic heterocycles. The van der Waals surface area contributed by atoms with Gasteiger partial charge >= 0.3 is 0 Å². The van der Waals surface area contributed by atoms with E-state index < -0.39 is 8.07 Å². The molecule has 72 valence electrons. The average molecular weight is 213 g/mol. The molecule has 0 unspecified atom stereocenters. The first-order valence-electron chi connectivity index (χ1n) is 4.22. The second-order valence-corrected chi connectivity index (χ2v) is 10.1. The molecule has 0 radical (unpaired) electrons. The Kier molecular flexibility index (Phi) is 2.63. The van der Waals surface area contributed by atoms with Crippen molar-refractivity contribution < 1.29 is 4.79 Å². The van der Waals surface area contributed by atoms with Gasteiger partial charge in [-0.25, -0.2) is 0 Å². The van der Waals surface area contributed by atoms with Crippen LogP contribution in [0, 0.1) is 6.92 Å². The van der Waals surface area contributed by atoms with Gasteiger partial charge in [-0.05, 0) is 23.1 Å². The minimum absolute atomic E-state index is 0.282. The fraction of sp³-hybridized carbons (Fsp3) is 0.444. The van der Waals surface area contributed by atoms with Gasteiger partial charge in [-0.3, -0.25) is 4.79 Å². The van der Waals surface area contributed by atoms with Crippen LogP contribution in [0.3, 0.4) is 0 Å². The monoisotopic (exact) mass is 213 g/mol. The van der Waals surface area contributed by atoms with Gasteiger partial charge in [0.1, 0.15) is 0 Å². The van der Waals surface area contributed by atoms with Crippen LogP contribution in [0.25, 0.3) is 0 Å². The molecule has 0 fully saturated rings. The SMILES string of the molecule is Cc1csc(C(N)=O)c1[Si](C)(C)C. The van der Waals surface area contributed by atoms with E-state index in [2.05, 4.69) is 26.6 Å². The number of primary amides is 1. The third kappa shape index (κ3) is 2.00. The number of rotatable bonds is 2. The molecule has 0 aliphatic carbocycles. The molecule has 0 spiro atoms. The molecule has 0 aliphatic heterocycles. The molecular weight excluding hydrogens is 198 g/mol. The highest BCUT2D eigenvalue weighted by Gasteiger charge is 2.25. The van der Waals surface area contributed by atoms with E-state index in [-0.39, 0.29) is 5.91 Å². The summed E-state index contributed by atoms with van der Waals surface area (Å²) in [7, 11) is -1.42. The zero-order valence-electron chi connectivity index (χ0n) is 8.47. The van der Waals surface area contributed by atoms with E-state index >= 15 is 0 Å². The smallest absolute Gasteiger partial charge is 0.258 e. The van der Waals surface area contributed by atoms with Gasteiger partial charge in [0.25, 0.3) is 5.91 Å². The summed E-state index contributed by atoms with van der Waals surface area (Å²) in [6.07, 6.45) is 0.